The van der Waals surface area contributed by atoms with Gasteiger partial charge in [-0.15, -0.1) is 0 Å². The predicted octanol–water partition coefficient (Wildman–Crippen LogP) is 1.21. The molecule has 0 spiro atoms. The molecular weight excluding hydrogens is 392 g/mol. The van der Waals surface area contributed by atoms with Crippen molar-refractivity contribution >= 4 is 17.8 Å². The third-order valence-electron chi connectivity index (χ3n) is 4.04. The number of hydrogen-bond acceptors (Lipinski definition) is 7. The molecule has 2 aromatic carbocycles. The van der Waals surface area contributed by atoms with E-state index in [1.54, 1.807) is 36.4 Å². The van der Waals surface area contributed by atoms with Crippen LogP contribution in [0.1, 0.15) is 11.1 Å². The summed E-state index contributed by atoms with van der Waals surface area (Å²) < 4.78 is 21.2. The Hall–Kier alpha value is -3.75. The highest BCUT2D eigenvalue weighted by molar-refractivity contribution is 5.86. The zero-order chi connectivity index (χ0) is 21.5. The van der Waals surface area contributed by atoms with Gasteiger partial charge in [0.25, 0.3) is 11.8 Å². The number of aryl methyl sites for hydroxylation is 2. The summed E-state index contributed by atoms with van der Waals surface area (Å²) in [5.41, 5.74) is 6.37. The number of esters is 1. The van der Waals surface area contributed by atoms with E-state index in [1.807, 2.05) is 19.9 Å². The molecule has 0 bridgehead atoms. The number of rotatable bonds is 6. The first-order valence-electron chi connectivity index (χ1n) is 9.24. The van der Waals surface area contributed by atoms with E-state index in [-0.39, 0.29) is 13.2 Å². The molecule has 0 saturated carbocycles. The molecule has 0 saturated heterocycles. The van der Waals surface area contributed by atoms with Crippen LogP contribution >= 0.6 is 0 Å². The van der Waals surface area contributed by atoms with Gasteiger partial charge < -0.3 is 18.9 Å². The first kappa shape index (κ1) is 21.0. The van der Waals surface area contributed by atoms with Gasteiger partial charge in [-0.05, 0) is 49.2 Å². The summed E-state index contributed by atoms with van der Waals surface area (Å²) in [7, 11) is 0. The van der Waals surface area contributed by atoms with Gasteiger partial charge in [-0.3, -0.25) is 20.4 Å². The van der Waals surface area contributed by atoms with Crippen LogP contribution in [0.25, 0.3) is 0 Å². The highest BCUT2D eigenvalue weighted by atomic mass is 16.6. The van der Waals surface area contributed by atoms with Gasteiger partial charge in [0.05, 0.1) is 0 Å². The van der Waals surface area contributed by atoms with Crippen molar-refractivity contribution in [1.82, 2.24) is 10.9 Å². The van der Waals surface area contributed by atoms with Gasteiger partial charge in [0.15, 0.2) is 24.7 Å². The first-order chi connectivity index (χ1) is 14.4. The van der Waals surface area contributed by atoms with E-state index < -0.39 is 30.5 Å². The maximum atomic E-state index is 12.1. The second kappa shape index (κ2) is 9.64. The van der Waals surface area contributed by atoms with Crippen molar-refractivity contribution < 1.29 is 33.3 Å². The van der Waals surface area contributed by atoms with E-state index in [2.05, 4.69) is 10.9 Å². The lowest BCUT2D eigenvalue weighted by Crippen LogP contribution is -2.51. The molecule has 1 heterocycles. The summed E-state index contributed by atoms with van der Waals surface area (Å²) >= 11 is 0. The standard InChI is InChI=1S/C21H22N2O7/c1-13-7-14(2)9-15(8-13)27-12-20(25)29-11-19(24)22-23-21(26)18-10-28-16-5-3-4-6-17(16)30-18/h3-9,18H,10-12H2,1-2H3,(H,22,24)(H,23,26)/t18-/m0/s1. The summed E-state index contributed by atoms with van der Waals surface area (Å²) in [6.07, 6.45) is -0.922. The second-order valence-electron chi connectivity index (χ2n) is 6.67. The smallest absolute Gasteiger partial charge is 0.344 e. The molecule has 9 nitrogen and oxygen atoms in total. The van der Waals surface area contributed by atoms with Crippen LogP contribution in [0.3, 0.4) is 0 Å². The largest absolute Gasteiger partial charge is 0.485 e. The second-order valence-corrected chi connectivity index (χ2v) is 6.67. The fourth-order valence-corrected chi connectivity index (χ4v) is 2.74. The summed E-state index contributed by atoms with van der Waals surface area (Å²) in [6, 6.07) is 12.5. The molecule has 1 atom stereocenters. The van der Waals surface area contributed by atoms with Crippen LogP contribution in [0.15, 0.2) is 42.5 Å². The Bertz CT molecular complexity index is 924. The molecule has 0 aliphatic carbocycles. The number of carbonyl (C=O) groups excluding carboxylic acids is 3. The van der Waals surface area contributed by atoms with Gasteiger partial charge in [0.1, 0.15) is 12.4 Å². The Kier molecular flexibility index (Phi) is 6.74. The van der Waals surface area contributed by atoms with E-state index >= 15 is 0 Å². The summed E-state index contributed by atoms with van der Waals surface area (Å²) in [5.74, 6) is -0.496. The summed E-state index contributed by atoms with van der Waals surface area (Å²) in [4.78, 5) is 35.6. The quantitative estimate of drug-likeness (QED) is 0.540. The van der Waals surface area contributed by atoms with Gasteiger partial charge in [-0.1, -0.05) is 18.2 Å². The number of amides is 2. The van der Waals surface area contributed by atoms with E-state index in [4.69, 9.17) is 18.9 Å². The fourth-order valence-electron chi connectivity index (χ4n) is 2.74. The van der Waals surface area contributed by atoms with Crippen molar-refractivity contribution in [3.05, 3.63) is 53.6 Å². The maximum absolute atomic E-state index is 12.1. The van der Waals surface area contributed by atoms with E-state index in [0.717, 1.165) is 11.1 Å². The minimum atomic E-state index is -0.922. The van der Waals surface area contributed by atoms with Gasteiger partial charge in [0.2, 0.25) is 6.10 Å². The SMILES string of the molecule is Cc1cc(C)cc(OCC(=O)OCC(=O)NNC(=O)[C@@H]2COc3ccccc3O2)c1. The number of carbonyl (C=O) groups is 3. The molecule has 0 unspecified atom stereocenters. The molecule has 1 aliphatic rings. The third-order valence-corrected chi connectivity index (χ3v) is 4.04. The molecule has 2 aromatic rings. The number of hydrazine groups is 1. The molecule has 30 heavy (non-hydrogen) atoms. The van der Waals surface area contributed by atoms with Gasteiger partial charge in [0, 0.05) is 0 Å². The van der Waals surface area contributed by atoms with E-state index in [0.29, 0.717) is 17.2 Å². The van der Waals surface area contributed by atoms with Gasteiger partial charge >= 0.3 is 5.97 Å². The van der Waals surface area contributed by atoms with Crippen LogP contribution in [-0.2, 0) is 19.1 Å². The van der Waals surface area contributed by atoms with Crippen LogP contribution in [0.4, 0.5) is 0 Å². The van der Waals surface area contributed by atoms with Crippen LogP contribution in [0, 0.1) is 13.8 Å². The number of nitrogens with one attached hydrogen (secondary N) is 2. The van der Waals surface area contributed by atoms with Crippen molar-refractivity contribution in [3.63, 3.8) is 0 Å². The van der Waals surface area contributed by atoms with E-state index in [1.165, 1.54) is 0 Å². The Labute approximate surface area is 173 Å². The molecule has 1 aliphatic heterocycles. The normalized spacial score (nSPS) is 14.4. The minimum absolute atomic E-state index is 0.00345. The first-order valence-corrected chi connectivity index (χ1v) is 9.24. The number of benzene rings is 2. The molecule has 0 aromatic heterocycles. The predicted molar refractivity (Wildman–Crippen MR) is 105 cm³/mol. The third kappa shape index (κ3) is 5.87. The molecule has 158 valence electrons. The number of fused-ring (bicyclic) bond motifs is 1. The van der Waals surface area contributed by atoms with Crippen LogP contribution < -0.4 is 25.1 Å². The highest BCUT2D eigenvalue weighted by Gasteiger charge is 2.27. The minimum Gasteiger partial charge on any atom is -0.485 e. The average molecular weight is 414 g/mol. The number of hydrogen-bond donors (Lipinski definition) is 2. The summed E-state index contributed by atoms with van der Waals surface area (Å²) in [5, 5.41) is 0. The van der Waals surface area contributed by atoms with Gasteiger partial charge in [-0.2, -0.15) is 0 Å². The zero-order valence-corrected chi connectivity index (χ0v) is 16.6. The van der Waals surface area contributed by atoms with E-state index in [9.17, 15) is 14.4 Å². The molecular formula is C21H22N2O7. The molecule has 0 radical (unpaired) electrons. The van der Waals surface area contributed by atoms with Gasteiger partial charge in [-0.25, -0.2) is 4.79 Å². The van der Waals surface area contributed by atoms with Crippen LogP contribution in [0.5, 0.6) is 17.2 Å². The monoisotopic (exact) mass is 414 g/mol. The topological polar surface area (TPSA) is 112 Å². The fraction of sp³-hybridized carbons (Fsp3) is 0.286. The van der Waals surface area contributed by atoms with Crippen molar-refractivity contribution in [1.29, 1.82) is 0 Å². The Morgan fingerprint density at radius 3 is 2.43 bits per heavy atom. The highest BCUT2D eigenvalue weighted by Crippen LogP contribution is 2.30. The lowest BCUT2D eigenvalue weighted by atomic mass is 10.1. The average Bonchev–Trinajstić information content (AvgIpc) is 2.73. The van der Waals surface area contributed by atoms with Crippen LogP contribution in [0.2, 0.25) is 0 Å². The number of ether oxygens (including phenoxy) is 4. The van der Waals surface area contributed by atoms with Crippen LogP contribution in [-0.4, -0.2) is 43.7 Å². The molecule has 2 amide bonds. The zero-order valence-electron chi connectivity index (χ0n) is 16.6. The molecule has 0 fully saturated rings. The Balaban J connectivity index is 1.35. The van der Waals surface area contributed by atoms with Crippen molar-refractivity contribution in [2.45, 2.75) is 20.0 Å². The Morgan fingerprint density at radius 2 is 1.70 bits per heavy atom. The van der Waals surface area contributed by atoms with Crippen molar-refractivity contribution in [2.75, 3.05) is 19.8 Å². The van der Waals surface area contributed by atoms with Crippen molar-refractivity contribution in [2.24, 2.45) is 0 Å². The number of para-hydroxylation sites is 2. The Morgan fingerprint density at radius 1 is 1.00 bits per heavy atom. The lowest BCUT2D eigenvalue weighted by molar-refractivity contribution is -0.151. The maximum Gasteiger partial charge on any atom is 0.344 e. The molecule has 2 N–H and O–H groups in total. The summed E-state index contributed by atoms with van der Waals surface area (Å²) in [6.45, 7) is 2.93. The molecule has 9 heteroatoms. The van der Waals surface area contributed by atoms with Crippen molar-refractivity contribution in [3.8, 4) is 17.2 Å². The lowest BCUT2D eigenvalue weighted by Gasteiger charge is -2.25. The molecule has 3 rings (SSSR count).